The van der Waals surface area contributed by atoms with E-state index in [1.165, 1.54) is 54.6 Å². The van der Waals surface area contributed by atoms with E-state index in [-0.39, 0.29) is 161 Å². The minimum atomic E-state index is -1.24. The van der Waals surface area contributed by atoms with E-state index >= 15 is 0 Å². The van der Waals surface area contributed by atoms with Crippen molar-refractivity contribution in [2.75, 3.05) is 0 Å². The summed E-state index contributed by atoms with van der Waals surface area (Å²) >= 11 is 0. The van der Waals surface area contributed by atoms with Crippen LogP contribution in [-0.2, 0) is 0 Å². The molecule has 15 nitrogen and oxygen atoms in total. The molecule has 0 atom stereocenters. The third kappa shape index (κ3) is 16.7. The number of pyridine rings is 3. The van der Waals surface area contributed by atoms with Gasteiger partial charge in [-0.15, -0.1) is 0 Å². The Morgan fingerprint density at radius 1 is 0.375 bits per heavy atom. The van der Waals surface area contributed by atoms with Crippen LogP contribution in [0, 0.1) is 38.6 Å². The first kappa shape index (κ1) is 45.5. The first-order valence-corrected chi connectivity index (χ1v) is 9.14. The SMILES string of the molecule is O=C(O)c1cccc(C(=O)O)n1.O=C(O)c1cccc(C(=O)O)n1.O=C(O)c1cccc(C(=O)O)n1.[Na+].[Na+].[Na+].[Tb]. The number of aromatic carboxylic acids is 6. The van der Waals surface area contributed by atoms with E-state index < -0.39 is 35.8 Å². The Morgan fingerprint density at radius 2 is 0.500 bits per heavy atom. The van der Waals surface area contributed by atoms with Crippen LogP contribution in [0.5, 0.6) is 0 Å². The van der Waals surface area contributed by atoms with Gasteiger partial charge in [0.2, 0.25) is 0 Å². The standard InChI is InChI=1S/3C7H5NO4.3Na.Tb/c3*9-6(10)4-2-1-3-5(8-4)7(11)12;;;;/h3*1-3H,(H,9,10)(H,11,12);;;;/q;;;3*+1;. The summed E-state index contributed by atoms with van der Waals surface area (Å²) in [4.78, 5) is 72.0. The summed E-state index contributed by atoms with van der Waals surface area (Å²) < 4.78 is 0. The zero-order valence-electron chi connectivity index (χ0n) is 21.0. The fourth-order valence-electron chi connectivity index (χ4n) is 2.02. The Morgan fingerprint density at radius 3 is 0.600 bits per heavy atom. The second kappa shape index (κ2) is 23.2. The van der Waals surface area contributed by atoms with Crippen molar-refractivity contribution >= 4 is 35.8 Å². The van der Waals surface area contributed by atoms with E-state index in [1.807, 2.05) is 0 Å². The van der Waals surface area contributed by atoms with Crippen LogP contribution in [0.15, 0.2) is 54.6 Å². The van der Waals surface area contributed by atoms with Gasteiger partial charge < -0.3 is 30.6 Å². The first-order valence-electron chi connectivity index (χ1n) is 9.14. The zero-order chi connectivity index (χ0) is 27.4. The van der Waals surface area contributed by atoms with Gasteiger partial charge in [0.25, 0.3) is 0 Å². The molecule has 3 rings (SSSR count). The summed E-state index contributed by atoms with van der Waals surface area (Å²) in [6.07, 6.45) is 0. The molecule has 0 fully saturated rings. The minimum Gasteiger partial charge on any atom is -0.477 e. The summed E-state index contributed by atoms with van der Waals surface area (Å²) in [5, 5.41) is 50.6. The van der Waals surface area contributed by atoms with Crippen LogP contribution in [0.2, 0.25) is 0 Å². The fourth-order valence-corrected chi connectivity index (χ4v) is 2.02. The number of nitrogens with zero attached hydrogens (tertiary/aromatic N) is 3. The Labute approximate surface area is 321 Å². The summed E-state index contributed by atoms with van der Waals surface area (Å²) in [7, 11) is 0. The van der Waals surface area contributed by atoms with Gasteiger partial charge in [-0.2, -0.15) is 0 Å². The molecule has 0 aliphatic rings. The molecule has 0 saturated carbocycles. The topological polar surface area (TPSA) is 262 Å². The first-order chi connectivity index (χ1) is 16.8. The molecule has 3 heterocycles. The van der Waals surface area contributed by atoms with Crippen molar-refractivity contribution in [2.24, 2.45) is 0 Å². The van der Waals surface area contributed by atoms with Crippen LogP contribution in [0.25, 0.3) is 0 Å². The van der Waals surface area contributed by atoms with Crippen molar-refractivity contribution in [2.45, 2.75) is 0 Å². The summed E-state index contributed by atoms with van der Waals surface area (Å²) in [5.41, 5.74) is -1.61. The quantitative estimate of drug-likeness (QED) is 0.129. The second-order valence-corrected chi connectivity index (χ2v) is 6.06. The molecule has 0 amide bonds. The molecule has 19 heteroatoms. The van der Waals surface area contributed by atoms with Gasteiger partial charge in [-0.25, -0.2) is 43.7 Å². The molecule has 0 aliphatic carbocycles. The van der Waals surface area contributed by atoms with Crippen LogP contribution in [0.3, 0.4) is 0 Å². The molecule has 3 aromatic heterocycles. The van der Waals surface area contributed by atoms with Crippen molar-refractivity contribution in [3.63, 3.8) is 0 Å². The average molecular weight is 729 g/mol. The molecule has 195 valence electrons. The zero-order valence-corrected chi connectivity index (χ0v) is 29.1. The molecule has 0 saturated heterocycles. The van der Waals surface area contributed by atoms with E-state index in [4.69, 9.17) is 30.6 Å². The Kier molecular flexibility index (Phi) is 26.4. The molecule has 0 spiro atoms. The van der Waals surface area contributed by atoms with Crippen LogP contribution < -0.4 is 88.7 Å². The summed E-state index contributed by atoms with van der Waals surface area (Å²) in [6.45, 7) is 0. The molecule has 0 bridgehead atoms. The van der Waals surface area contributed by atoms with E-state index in [0.717, 1.165) is 0 Å². The molecule has 0 aromatic carbocycles. The van der Waals surface area contributed by atoms with Crippen LogP contribution in [-0.4, -0.2) is 81.4 Å². The van der Waals surface area contributed by atoms with Gasteiger partial charge >= 0.3 is 124 Å². The number of carboxylic acids is 6. The number of rotatable bonds is 6. The molecule has 6 N–H and O–H groups in total. The molecule has 1 radical (unpaired) electrons. The third-order valence-electron chi connectivity index (χ3n) is 3.56. The molecule has 3 aromatic rings. The third-order valence-corrected chi connectivity index (χ3v) is 3.56. The van der Waals surface area contributed by atoms with Crippen molar-refractivity contribution in [3.05, 3.63) is 88.8 Å². The largest absolute Gasteiger partial charge is 1.00 e. The van der Waals surface area contributed by atoms with Gasteiger partial charge in [-0.3, -0.25) is 0 Å². The van der Waals surface area contributed by atoms with Gasteiger partial charge in [0.1, 0.15) is 34.2 Å². The van der Waals surface area contributed by atoms with Gasteiger partial charge in [0.15, 0.2) is 0 Å². The maximum absolute atomic E-state index is 10.3. The van der Waals surface area contributed by atoms with E-state index in [0.29, 0.717) is 0 Å². The number of carbonyl (C=O) groups is 6. The average Bonchev–Trinajstić information content (AvgIpc) is 2.85. The Hall–Kier alpha value is -1.44. The smallest absolute Gasteiger partial charge is 0.477 e. The maximum atomic E-state index is 10.3. The summed E-state index contributed by atoms with van der Waals surface area (Å²) in [5.74, 6) is -7.43. The second-order valence-electron chi connectivity index (χ2n) is 6.06. The fraction of sp³-hybridized carbons (Fsp3) is 0. The van der Waals surface area contributed by atoms with Gasteiger partial charge in [0, 0.05) is 38.6 Å². The molecular weight excluding hydrogens is 714 g/mol. The van der Waals surface area contributed by atoms with Gasteiger partial charge in [-0.1, -0.05) is 18.2 Å². The molecule has 0 aliphatic heterocycles. The van der Waals surface area contributed by atoms with Crippen molar-refractivity contribution in [1.82, 2.24) is 15.0 Å². The predicted octanol–water partition coefficient (Wildman–Crippen LogP) is -7.55. The molecular formula is C21H15N3Na3O12Tb+3. The number of aromatic nitrogens is 3. The Bertz CT molecular complexity index is 1100. The van der Waals surface area contributed by atoms with E-state index in [9.17, 15) is 28.8 Å². The van der Waals surface area contributed by atoms with Crippen LogP contribution >= 0.6 is 0 Å². The van der Waals surface area contributed by atoms with Crippen LogP contribution in [0.4, 0.5) is 0 Å². The van der Waals surface area contributed by atoms with Gasteiger partial charge in [-0.05, 0) is 36.4 Å². The number of hydrogen-bond acceptors (Lipinski definition) is 9. The van der Waals surface area contributed by atoms with Crippen molar-refractivity contribution in [3.8, 4) is 0 Å². The predicted molar refractivity (Wildman–Crippen MR) is 114 cm³/mol. The van der Waals surface area contributed by atoms with Crippen molar-refractivity contribution < 1.29 is 187 Å². The normalized spacial score (nSPS) is 8.40. The molecule has 0 unspecified atom stereocenters. The van der Waals surface area contributed by atoms with Crippen molar-refractivity contribution in [1.29, 1.82) is 0 Å². The maximum Gasteiger partial charge on any atom is 1.00 e. The Balaban J connectivity index is -0.000000231. The molecule has 40 heavy (non-hydrogen) atoms. The number of carboxylic acid groups (broad SMARTS) is 6. The van der Waals surface area contributed by atoms with E-state index in [1.54, 1.807) is 0 Å². The number of hydrogen-bond donors (Lipinski definition) is 6. The summed E-state index contributed by atoms with van der Waals surface area (Å²) in [6, 6.07) is 11.4. The van der Waals surface area contributed by atoms with Crippen LogP contribution in [0.1, 0.15) is 62.9 Å². The van der Waals surface area contributed by atoms with Gasteiger partial charge in [0.05, 0.1) is 0 Å². The minimum absolute atomic E-state index is 0. The van der Waals surface area contributed by atoms with E-state index in [2.05, 4.69) is 15.0 Å². The monoisotopic (exact) mass is 729 g/mol.